The average Bonchev–Trinajstić information content (AvgIpc) is 2.17. The fraction of sp³-hybridized carbons (Fsp3) is 0.833. The Kier molecular flexibility index (Phi) is 3.92. The monoisotopic (exact) mass is 221 g/mol. The summed E-state index contributed by atoms with van der Waals surface area (Å²) in [6.45, 7) is 4.25. The molecule has 0 aromatic rings. The number of ether oxygens (including phenoxy) is 1. The number of hydrogen-bond donors (Lipinski definition) is 1. The van der Waals surface area contributed by atoms with Crippen LogP contribution in [0.4, 0.5) is 0 Å². The summed E-state index contributed by atoms with van der Waals surface area (Å²) in [5.74, 6) is -0.875. The Morgan fingerprint density at radius 3 is 2.56 bits per heavy atom. The normalized spacial score (nSPS) is 34.0. The minimum atomic E-state index is -0.875. The van der Waals surface area contributed by atoms with Gasteiger partial charge in [0.05, 0.1) is 6.61 Å². The maximum absolute atomic E-state index is 9.22. The van der Waals surface area contributed by atoms with Gasteiger partial charge in [-0.1, -0.05) is 0 Å². The number of hydrogen-bond acceptors (Lipinski definition) is 2. The molecule has 0 saturated carbocycles. The van der Waals surface area contributed by atoms with Crippen molar-refractivity contribution >= 4 is 0 Å². The summed E-state index contributed by atoms with van der Waals surface area (Å²) in [6.07, 6.45) is 2.18. The molecule has 1 heterocycles. The summed E-state index contributed by atoms with van der Waals surface area (Å²) in [7, 11) is 0. The molecule has 1 atom stereocenters. The molecule has 58 valence electrons. The van der Waals surface area contributed by atoms with E-state index >= 15 is 0 Å². The minimum Gasteiger partial charge on any atom is -0.368 e. The van der Waals surface area contributed by atoms with Crippen LogP contribution in [0.5, 0.6) is 0 Å². The van der Waals surface area contributed by atoms with Crippen molar-refractivity contribution < 1.29 is 30.3 Å². The molecule has 0 bridgehead atoms. The van der Waals surface area contributed by atoms with Gasteiger partial charge < -0.3 is 16.8 Å². The first-order chi connectivity index (χ1) is 3.77. The zero-order valence-electron chi connectivity index (χ0n) is 5.21. The van der Waals surface area contributed by atoms with E-state index in [0.29, 0.717) is 13.0 Å². The Bertz CT molecular complexity index is 79.1. The molecule has 1 unspecified atom stereocenters. The third kappa shape index (κ3) is 2.35. The summed E-state index contributed by atoms with van der Waals surface area (Å²) >= 11 is 0. The van der Waals surface area contributed by atoms with Gasteiger partial charge in [-0.15, -0.1) is 6.42 Å². The first kappa shape index (κ1) is 9.58. The number of aliphatic hydroxyl groups is 1. The van der Waals surface area contributed by atoms with Crippen LogP contribution in [0, 0.1) is 6.92 Å². The van der Waals surface area contributed by atoms with Crippen LogP contribution < -0.4 is 0 Å². The molecule has 1 aliphatic rings. The summed E-state index contributed by atoms with van der Waals surface area (Å²) in [5.41, 5.74) is 0. The molecule has 0 spiro atoms. The van der Waals surface area contributed by atoms with Gasteiger partial charge in [0.15, 0.2) is 0 Å². The zero-order valence-corrected chi connectivity index (χ0v) is 6.76. The summed E-state index contributed by atoms with van der Waals surface area (Å²) in [5, 5.41) is 9.22. The van der Waals surface area contributed by atoms with Gasteiger partial charge in [-0.3, -0.25) is 0 Å². The van der Waals surface area contributed by atoms with Gasteiger partial charge in [0, 0.05) is 26.8 Å². The molecule has 2 nitrogen and oxygen atoms in total. The van der Waals surface area contributed by atoms with Crippen LogP contribution in [0.3, 0.4) is 0 Å². The summed E-state index contributed by atoms with van der Waals surface area (Å²) in [4.78, 5) is 0. The summed E-state index contributed by atoms with van der Waals surface area (Å²) in [6, 6.07) is 0. The van der Waals surface area contributed by atoms with E-state index in [0.717, 1.165) is 12.8 Å². The predicted molar refractivity (Wildman–Crippen MR) is 30.1 cm³/mol. The third-order valence-corrected chi connectivity index (χ3v) is 1.47. The molecule has 9 heavy (non-hydrogen) atoms. The van der Waals surface area contributed by atoms with Crippen molar-refractivity contribution in [2.75, 3.05) is 6.61 Å². The van der Waals surface area contributed by atoms with Gasteiger partial charge in [0.2, 0.25) is 0 Å². The second-order valence-corrected chi connectivity index (χ2v) is 2.15. The Hall–Kier alpha value is 0.582. The van der Waals surface area contributed by atoms with Crippen LogP contribution in [-0.2, 0) is 25.2 Å². The van der Waals surface area contributed by atoms with E-state index in [1.54, 1.807) is 0 Å². The Morgan fingerprint density at radius 1 is 1.67 bits per heavy atom. The molecule has 0 aromatic carbocycles. The van der Waals surface area contributed by atoms with Crippen molar-refractivity contribution in [3.8, 4) is 0 Å². The van der Waals surface area contributed by atoms with Crippen LogP contribution in [0.15, 0.2) is 0 Å². The summed E-state index contributed by atoms with van der Waals surface area (Å²) < 4.78 is 4.98. The van der Waals surface area contributed by atoms with E-state index in [1.165, 1.54) is 0 Å². The van der Waals surface area contributed by atoms with Crippen LogP contribution >= 0.6 is 0 Å². The predicted octanol–water partition coefficient (Wildman–Crippen LogP) is 0.707. The van der Waals surface area contributed by atoms with E-state index in [-0.39, 0.29) is 20.4 Å². The van der Waals surface area contributed by atoms with Gasteiger partial charge in [-0.25, -0.2) is 0 Å². The zero-order chi connectivity index (χ0) is 6.04. The maximum atomic E-state index is 9.22. The molecule has 3 heteroatoms. The van der Waals surface area contributed by atoms with Gasteiger partial charge in [-0.05, 0) is 6.42 Å². The van der Waals surface area contributed by atoms with E-state index in [4.69, 9.17) is 4.74 Å². The van der Waals surface area contributed by atoms with Crippen molar-refractivity contribution in [2.45, 2.75) is 25.0 Å². The van der Waals surface area contributed by atoms with Crippen molar-refractivity contribution in [2.24, 2.45) is 0 Å². The van der Waals surface area contributed by atoms with Crippen LogP contribution in [-0.4, -0.2) is 17.5 Å². The van der Waals surface area contributed by atoms with Gasteiger partial charge in [-0.2, -0.15) is 0 Å². The van der Waals surface area contributed by atoms with Gasteiger partial charge >= 0.3 is 0 Å². The number of rotatable bonds is 1. The van der Waals surface area contributed by atoms with E-state index in [2.05, 4.69) is 6.92 Å². The topological polar surface area (TPSA) is 29.5 Å². The molecule has 1 fully saturated rings. The SMILES string of the molecule is [CH2-]CC1(O)CCCO1.[Pd]. The van der Waals surface area contributed by atoms with Crippen LogP contribution in [0.1, 0.15) is 19.3 Å². The van der Waals surface area contributed by atoms with Crippen molar-refractivity contribution in [1.82, 2.24) is 0 Å². The standard InChI is InChI=1S/C6H11O2.Pd/c1-2-6(7)4-3-5-8-6;/h7H,1-5H2;/q-1;. The van der Waals surface area contributed by atoms with Crippen molar-refractivity contribution in [1.29, 1.82) is 0 Å². The first-order valence-corrected chi connectivity index (χ1v) is 2.92. The minimum absolute atomic E-state index is 0. The molecule has 1 rings (SSSR count). The molecule has 0 amide bonds. The molecule has 1 N–H and O–H groups in total. The van der Waals surface area contributed by atoms with Crippen LogP contribution in [0.25, 0.3) is 0 Å². The molecule has 1 saturated heterocycles. The average molecular weight is 222 g/mol. The Labute approximate surface area is 69.2 Å². The largest absolute Gasteiger partial charge is 0.368 e. The Morgan fingerprint density at radius 2 is 2.33 bits per heavy atom. The second kappa shape index (κ2) is 3.68. The van der Waals surface area contributed by atoms with E-state index in [1.807, 2.05) is 0 Å². The third-order valence-electron chi connectivity index (χ3n) is 1.47. The fourth-order valence-electron chi connectivity index (χ4n) is 0.880. The molecule has 0 aliphatic carbocycles. The molecule has 1 aliphatic heterocycles. The fourth-order valence-corrected chi connectivity index (χ4v) is 0.880. The quantitative estimate of drug-likeness (QED) is 0.522. The molecule has 0 aromatic heterocycles. The van der Waals surface area contributed by atoms with Gasteiger partial charge in [0.1, 0.15) is 5.79 Å². The second-order valence-electron chi connectivity index (χ2n) is 2.15. The Balaban J connectivity index is 0.000000640. The molecular formula is C6H11O2Pd-. The van der Waals surface area contributed by atoms with Crippen LogP contribution in [0.2, 0.25) is 0 Å². The van der Waals surface area contributed by atoms with E-state index in [9.17, 15) is 5.11 Å². The van der Waals surface area contributed by atoms with Gasteiger partial charge in [0.25, 0.3) is 0 Å². The van der Waals surface area contributed by atoms with Crippen molar-refractivity contribution in [3.63, 3.8) is 0 Å². The molecular weight excluding hydrogens is 210 g/mol. The smallest absolute Gasteiger partial charge is 0.138 e. The maximum Gasteiger partial charge on any atom is 0.138 e. The van der Waals surface area contributed by atoms with E-state index < -0.39 is 5.79 Å². The van der Waals surface area contributed by atoms with Crippen molar-refractivity contribution in [3.05, 3.63) is 6.92 Å². The molecule has 0 radical (unpaired) electrons. The first-order valence-electron chi connectivity index (χ1n) is 2.92.